The molecule has 216 valence electrons. The van der Waals surface area contributed by atoms with Gasteiger partial charge in [-0.2, -0.15) is 0 Å². The van der Waals surface area contributed by atoms with Gasteiger partial charge in [0.1, 0.15) is 5.76 Å². The van der Waals surface area contributed by atoms with Crippen molar-refractivity contribution in [3.8, 4) is 11.5 Å². The summed E-state index contributed by atoms with van der Waals surface area (Å²) < 4.78 is 22.7. The van der Waals surface area contributed by atoms with Gasteiger partial charge in [-0.25, -0.2) is 9.59 Å². The zero-order chi connectivity index (χ0) is 29.1. The molecular weight excluding hydrogens is 534 g/mol. The van der Waals surface area contributed by atoms with E-state index in [1.54, 1.807) is 24.3 Å². The molecule has 11 heteroatoms. The van der Waals surface area contributed by atoms with E-state index >= 15 is 0 Å². The van der Waals surface area contributed by atoms with E-state index in [0.717, 1.165) is 11.1 Å². The first kappa shape index (κ1) is 27.3. The smallest absolute Gasteiger partial charge is 0.349 e. The SMILES string of the molecule is COc1ccc2c3c1O[C@H]1C(OC(=O)CC(O)C(=O)O[C@H](C(=O)O)c4ccccc4)=CC[C@@]4(O)[C@@H](C2)N(C)CC[C@]314. The van der Waals surface area contributed by atoms with E-state index in [1.165, 1.54) is 19.2 Å². The van der Waals surface area contributed by atoms with E-state index in [-0.39, 0.29) is 23.8 Å². The minimum Gasteiger partial charge on any atom is -0.493 e. The summed E-state index contributed by atoms with van der Waals surface area (Å²) in [5.41, 5.74) is 0.0614. The molecule has 0 radical (unpaired) electrons. The molecule has 0 aromatic heterocycles. The van der Waals surface area contributed by atoms with Gasteiger partial charge in [0.25, 0.3) is 0 Å². The van der Waals surface area contributed by atoms with E-state index in [9.17, 15) is 29.7 Å². The number of methoxy groups -OCH3 is 1. The van der Waals surface area contributed by atoms with Gasteiger partial charge in [-0.05, 0) is 44.1 Å². The molecule has 0 amide bonds. The molecule has 1 fully saturated rings. The lowest BCUT2D eigenvalue weighted by Gasteiger charge is -2.61. The van der Waals surface area contributed by atoms with Crippen LogP contribution in [0.15, 0.2) is 54.3 Å². The topological polar surface area (TPSA) is 152 Å². The monoisotopic (exact) mass is 565 g/mol. The Labute approximate surface area is 235 Å². The van der Waals surface area contributed by atoms with Gasteiger partial charge < -0.3 is 39.2 Å². The summed E-state index contributed by atoms with van der Waals surface area (Å²) in [5.74, 6) is -2.40. The van der Waals surface area contributed by atoms with Crippen LogP contribution in [0.4, 0.5) is 0 Å². The van der Waals surface area contributed by atoms with Gasteiger partial charge in [0.15, 0.2) is 23.7 Å². The second kappa shape index (κ2) is 9.86. The number of nitrogens with zero attached hydrogens (tertiary/aromatic N) is 1. The summed E-state index contributed by atoms with van der Waals surface area (Å²) in [4.78, 5) is 39.3. The number of esters is 2. The summed E-state index contributed by atoms with van der Waals surface area (Å²) in [5, 5.41) is 32.2. The van der Waals surface area contributed by atoms with Crippen molar-refractivity contribution in [2.75, 3.05) is 20.7 Å². The lowest BCUT2D eigenvalue weighted by atomic mass is 9.50. The summed E-state index contributed by atoms with van der Waals surface area (Å²) in [7, 11) is 3.53. The van der Waals surface area contributed by atoms with E-state index in [4.69, 9.17) is 18.9 Å². The predicted octanol–water partition coefficient (Wildman–Crippen LogP) is 1.64. The fraction of sp³-hybridized carbons (Fsp3) is 0.433. The molecule has 3 N–H and O–H groups in total. The first-order valence-electron chi connectivity index (χ1n) is 13.5. The van der Waals surface area contributed by atoms with Crippen LogP contribution in [0, 0.1) is 0 Å². The Morgan fingerprint density at radius 1 is 1.17 bits per heavy atom. The van der Waals surface area contributed by atoms with Gasteiger partial charge in [0.2, 0.25) is 6.10 Å². The van der Waals surface area contributed by atoms with Crippen molar-refractivity contribution in [2.45, 2.75) is 61.1 Å². The molecule has 2 aromatic carbocycles. The van der Waals surface area contributed by atoms with Crippen LogP contribution in [0.5, 0.6) is 11.5 Å². The Morgan fingerprint density at radius 2 is 1.93 bits per heavy atom. The van der Waals surface area contributed by atoms with Crippen LogP contribution >= 0.6 is 0 Å². The number of hydrogen-bond acceptors (Lipinski definition) is 10. The Balaban J connectivity index is 1.22. The molecule has 6 rings (SSSR count). The number of aliphatic hydroxyl groups excluding tert-OH is 1. The zero-order valence-corrected chi connectivity index (χ0v) is 22.6. The highest BCUT2D eigenvalue weighted by atomic mass is 16.6. The number of aliphatic carboxylic acids is 1. The van der Waals surface area contributed by atoms with Crippen LogP contribution in [0.1, 0.15) is 42.1 Å². The number of ether oxygens (including phenoxy) is 4. The third-order valence-electron chi connectivity index (χ3n) is 8.98. The number of rotatable bonds is 8. The number of carboxylic acid groups (broad SMARTS) is 1. The molecule has 6 atom stereocenters. The zero-order valence-electron chi connectivity index (χ0n) is 22.6. The number of likely N-dealkylation sites (tertiary alicyclic amines) is 1. The van der Waals surface area contributed by atoms with E-state index in [2.05, 4.69) is 4.90 Å². The van der Waals surface area contributed by atoms with E-state index in [1.807, 2.05) is 19.2 Å². The van der Waals surface area contributed by atoms with Crippen molar-refractivity contribution in [2.24, 2.45) is 0 Å². The third-order valence-corrected chi connectivity index (χ3v) is 8.98. The van der Waals surface area contributed by atoms with Crippen LogP contribution in [-0.2, 0) is 35.7 Å². The maximum absolute atomic E-state index is 13.0. The standard InChI is InChI=1S/C30H31NO10/c1-31-13-12-29-23-17-8-9-19(38-2)25(23)40-26(29)20(10-11-30(29,37)21(31)14-17)39-22(33)15-18(32)28(36)41-24(27(34)35)16-6-4-3-5-7-16/h3-10,18,21,24,26,32,37H,11-15H2,1-2H3,(H,34,35)/t18?,21-,24+,26+,29+,30-/m1/s1. The molecule has 2 aliphatic heterocycles. The number of carbonyl (C=O) groups is 3. The van der Waals surface area contributed by atoms with Gasteiger partial charge in [0.05, 0.1) is 24.5 Å². The van der Waals surface area contributed by atoms with Crippen LogP contribution in [0.25, 0.3) is 0 Å². The van der Waals surface area contributed by atoms with Crippen LogP contribution in [0.2, 0.25) is 0 Å². The molecule has 0 saturated carbocycles. The first-order valence-corrected chi connectivity index (χ1v) is 13.5. The van der Waals surface area contributed by atoms with Gasteiger partial charge in [-0.1, -0.05) is 36.4 Å². The van der Waals surface area contributed by atoms with Gasteiger partial charge in [-0.15, -0.1) is 0 Å². The van der Waals surface area contributed by atoms with E-state index < -0.39 is 53.7 Å². The average molecular weight is 566 g/mol. The number of hydrogen-bond donors (Lipinski definition) is 3. The van der Waals surface area contributed by atoms with Crippen LogP contribution in [-0.4, -0.2) is 82.7 Å². The number of aliphatic hydroxyl groups is 2. The van der Waals surface area contributed by atoms with Gasteiger partial charge in [0, 0.05) is 23.6 Å². The summed E-state index contributed by atoms with van der Waals surface area (Å²) in [6.07, 6.45) is -2.17. The number of benzene rings is 2. The normalized spacial score (nSPS) is 28.8. The van der Waals surface area contributed by atoms with Gasteiger partial charge >= 0.3 is 17.9 Å². The van der Waals surface area contributed by atoms with Crippen molar-refractivity contribution in [3.63, 3.8) is 0 Å². The maximum Gasteiger partial charge on any atom is 0.349 e. The minimum atomic E-state index is -1.96. The molecule has 2 bridgehead atoms. The molecule has 4 aliphatic rings. The molecular formula is C30H31NO10. The summed E-state index contributed by atoms with van der Waals surface area (Å²) in [6.45, 7) is 0.695. The number of piperidine rings is 1. The molecule has 1 unspecified atom stereocenters. The van der Waals surface area contributed by atoms with Crippen molar-refractivity contribution in [1.29, 1.82) is 0 Å². The first-order chi connectivity index (χ1) is 19.6. The average Bonchev–Trinajstić information content (AvgIpc) is 3.31. The van der Waals surface area contributed by atoms with Crippen molar-refractivity contribution < 1.29 is 48.7 Å². The van der Waals surface area contributed by atoms with Crippen LogP contribution < -0.4 is 9.47 Å². The lowest BCUT2D eigenvalue weighted by molar-refractivity contribution is -0.175. The molecule has 1 saturated heterocycles. The second-order valence-electron chi connectivity index (χ2n) is 11.0. The van der Waals surface area contributed by atoms with Gasteiger partial charge in [-0.3, -0.25) is 4.79 Å². The largest absolute Gasteiger partial charge is 0.493 e. The molecule has 11 nitrogen and oxygen atoms in total. The molecule has 2 aliphatic carbocycles. The molecule has 1 spiro atoms. The summed E-state index contributed by atoms with van der Waals surface area (Å²) in [6, 6.07) is 11.5. The highest BCUT2D eigenvalue weighted by molar-refractivity contribution is 5.85. The lowest BCUT2D eigenvalue weighted by Crippen LogP contribution is -2.74. The summed E-state index contributed by atoms with van der Waals surface area (Å²) >= 11 is 0. The predicted molar refractivity (Wildman–Crippen MR) is 141 cm³/mol. The minimum absolute atomic E-state index is 0.175. The quantitative estimate of drug-likeness (QED) is 0.401. The Morgan fingerprint density at radius 3 is 2.63 bits per heavy atom. The van der Waals surface area contributed by atoms with Crippen molar-refractivity contribution >= 4 is 17.9 Å². The fourth-order valence-corrected chi connectivity index (χ4v) is 7.09. The highest BCUT2D eigenvalue weighted by Crippen LogP contribution is 2.65. The maximum atomic E-state index is 13.0. The highest BCUT2D eigenvalue weighted by Gasteiger charge is 2.72. The number of carboxylic acids is 1. The van der Waals surface area contributed by atoms with Crippen molar-refractivity contribution in [1.82, 2.24) is 4.90 Å². The number of carbonyl (C=O) groups excluding carboxylic acids is 2. The van der Waals surface area contributed by atoms with Crippen molar-refractivity contribution in [3.05, 3.63) is 71.0 Å². The van der Waals surface area contributed by atoms with E-state index in [0.29, 0.717) is 30.9 Å². The molecule has 2 heterocycles. The Bertz CT molecular complexity index is 1440. The fourth-order valence-electron chi connectivity index (χ4n) is 7.09. The van der Waals surface area contributed by atoms with Crippen LogP contribution in [0.3, 0.4) is 0 Å². The Kier molecular flexibility index (Phi) is 6.55. The molecule has 2 aromatic rings. The molecule has 41 heavy (non-hydrogen) atoms. The third kappa shape index (κ3) is 4.02. The number of likely N-dealkylation sites (N-methyl/N-ethyl adjacent to an activating group) is 1. The second-order valence-corrected chi connectivity index (χ2v) is 11.0. The Hall–Kier alpha value is -3.93.